The molecule has 0 aliphatic carbocycles. The number of hydrogen-bond donors (Lipinski definition) is 1. The number of non-ortho nitro benzene ring substituents is 1. The van der Waals surface area contributed by atoms with Gasteiger partial charge in [-0.15, -0.1) is 0 Å². The number of nitro groups is 1. The second-order valence-electron chi connectivity index (χ2n) is 8.26. The molecule has 2 rings (SSSR count). The number of hydrogen-bond acceptors (Lipinski definition) is 6. The smallest absolute Gasteiger partial charge is 0.271 e. The molecule has 1 atom stereocenters. The Balaban J connectivity index is 2.43. The normalized spacial score (nSPS) is 12.0. The Morgan fingerprint density at radius 2 is 1.81 bits per heavy atom. The maximum Gasteiger partial charge on any atom is 0.271 e. The lowest BCUT2D eigenvalue weighted by molar-refractivity contribution is -0.384. The number of carbonyl (C=O) groups is 2. The summed E-state index contributed by atoms with van der Waals surface area (Å²) >= 11 is 0. The molecule has 0 saturated heterocycles. The zero-order valence-corrected chi connectivity index (χ0v) is 21.3. The van der Waals surface area contributed by atoms with Gasteiger partial charge in [0.15, 0.2) is 0 Å². The van der Waals surface area contributed by atoms with Crippen LogP contribution in [0.5, 0.6) is 0 Å². The summed E-state index contributed by atoms with van der Waals surface area (Å²) in [5.74, 6) is -1.54. The highest BCUT2D eigenvalue weighted by Gasteiger charge is 2.32. The van der Waals surface area contributed by atoms with Crippen molar-refractivity contribution in [1.82, 2.24) is 10.2 Å². The monoisotopic (exact) mass is 522 g/mol. The fourth-order valence-electron chi connectivity index (χ4n) is 3.59. The molecule has 196 valence electrons. The fourth-order valence-corrected chi connectivity index (χ4v) is 4.43. The molecule has 1 unspecified atom stereocenters. The average Bonchev–Trinajstić information content (AvgIpc) is 2.83. The van der Waals surface area contributed by atoms with Crippen molar-refractivity contribution < 1.29 is 27.3 Å². The highest BCUT2D eigenvalue weighted by atomic mass is 32.2. The van der Waals surface area contributed by atoms with E-state index in [-0.39, 0.29) is 30.2 Å². The van der Waals surface area contributed by atoms with Gasteiger partial charge in [0.05, 0.1) is 16.9 Å². The summed E-state index contributed by atoms with van der Waals surface area (Å²) in [6.45, 7) is 3.38. The van der Waals surface area contributed by atoms with Gasteiger partial charge < -0.3 is 10.2 Å². The van der Waals surface area contributed by atoms with Gasteiger partial charge >= 0.3 is 0 Å². The topological polar surface area (TPSA) is 130 Å². The molecule has 0 aromatic heterocycles. The van der Waals surface area contributed by atoms with E-state index in [1.165, 1.54) is 47.4 Å². The van der Waals surface area contributed by atoms with Gasteiger partial charge in [0.2, 0.25) is 21.8 Å². The van der Waals surface area contributed by atoms with E-state index in [1.807, 2.05) is 6.92 Å². The van der Waals surface area contributed by atoms with Gasteiger partial charge in [0.25, 0.3) is 5.69 Å². The lowest BCUT2D eigenvalue weighted by Crippen LogP contribution is -2.52. The Bertz CT molecular complexity index is 1170. The number of nitro benzene ring substituents is 1. The van der Waals surface area contributed by atoms with E-state index in [9.17, 15) is 32.5 Å². The van der Waals surface area contributed by atoms with E-state index >= 15 is 0 Å². The Labute approximate surface area is 210 Å². The molecule has 0 radical (unpaired) electrons. The van der Waals surface area contributed by atoms with Crippen LogP contribution < -0.4 is 9.62 Å². The molecular formula is C24H31FN4O6S. The average molecular weight is 523 g/mol. The van der Waals surface area contributed by atoms with Crippen molar-refractivity contribution in [3.05, 3.63) is 70.0 Å². The molecule has 2 amide bonds. The van der Waals surface area contributed by atoms with Crippen LogP contribution in [0.3, 0.4) is 0 Å². The van der Waals surface area contributed by atoms with E-state index in [4.69, 9.17) is 0 Å². The minimum absolute atomic E-state index is 0.0535. The van der Waals surface area contributed by atoms with Gasteiger partial charge in [0.1, 0.15) is 18.4 Å². The Hall–Kier alpha value is -3.54. The molecule has 0 bridgehead atoms. The van der Waals surface area contributed by atoms with Crippen molar-refractivity contribution in [2.24, 2.45) is 0 Å². The Kier molecular flexibility index (Phi) is 10.3. The summed E-state index contributed by atoms with van der Waals surface area (Å²) < 4.78 is 39.3. The highest BCUT2D eigenvalue weighted by Crippen LogP contribution is 2.24. The molecule has 2 aromatic carbocycles. The summed E-state index contributed by atoms with van der Waals surface area (Å²) in [4.78, 5) is 38.2. The number of halogens is 1. The molecule has 0 spiro atoms. The largest absolute Gasteiger partial charge is 0.354 e. The molecule has 0 aliphatic rings. The van der Waals surface area contributed by atoms with Crippen LogP contribution in [0.15, 0.2) is 48.5 Å². The van der Waals surface area contributed by atoms with Gasteiger partial charge in [-0.25, -0.2) is 12.8 Å². The number of amides is 2. The number of nitrogens with one attached hydrogen (secondary N) is 1. The van der Waals surface area contributed by atoms with Crippen LogP contribution in [-0.2, 0) is 26.2 Å². The zero-order chi connectivity index (χ0) is 26.9. The van der Waals surface area contributed by atoms with E-state index in [2.05, 4.69) is 5.32 Å². The lowest BCUT2D eigenvalue weighted by atomic mass is 10.1. The fraction of sp³-hybridized carbons (Fsp3) is 0.417. The summed E-state index contributed by atoms with van der Waals surface area (Å²) in [6, 6.07) is 9.44. The minimum Gasteiger partial charge on any atom is -0.354 e. The zero-order valence-electron chi connectivity index (χ0n) is 20.5. The molecule has 0 aliphatic heterocycles. The molecule has 2 aromatic rings. The van der Waals surface area contributed by atoms with Crippen molar-refractivity contribution in [2.75, 3.05) is 23.7 Å². The summed E-state index contributed by atoms with van der Waals surface area (Å²) in [5, 5.41) is 14.0. The lowest BCUT2D eigenvalue weighted by Gasteiger charge is -2.32. The van der Waals surface area contributed by atoms with Crippen LogP contribution >= 0.6 is 0 Å². The summed E-state index contributed by atoms with van der Waals surface area (Å²) in [6.07, 6.45) is 2.75. The third-order valence-electron chi connectivity index (χ3n) is 5.49. The summed E-state index contributed by atoms with van der Waals surface area (Å²) in [5.41, 5.74) is 0.159. The number of anilines is 1. The molecule has 0 saturated carbocycles. The second-order valence-corrected chi connectivity index (χ2v) is 10.2. The predicted molar refractivity (Wildman–Crippen MR) is 134 cm³/mol. The van der Waals surface area contributed by atoms with Gasteiger partial charge in [-0.1, -0.05) is 38.5 Å². The quantitative estimate of drug-likeness (QED) is 0.244. The molecule has 0 heterocycles. The van der Waals surface area contributed by atoms with Crippen LogP contribution in [0.25, 0.3) is 0 Å². The maximum atomic E-state index is 13.5. The van der Waals surface area contributed by atoms with Crippen molar-refractivity contribution >= 4 is 33.2 Å². The summed E-state index contributed by atoms with van der Waals surface area (Å²) in [7, 11) is -4.02. The first-order valence-electron chi connectivity index (χ1n) is 11.5. The minimum atomic E-state index is -4.02. The molecule has 10 nitrogen and oxygen atoms in total. The van der Waals surface area contributed by atoms with E-state index in [0.717, 1.165) is 29.5 Å². The van der Waals surface area contributed by atoms with Crippen molar-refractivity contribution in [1.29, 1.82) is 0 Å². The molecular weight excluding hydrogens is 491 g/mol. The van der Waals surface area contributed by atoms with Crippen LogP contribution in [0.4, 0.5) is 15.8 Å². The van der Waals surface area contributed by atoms with Gasteiger partial charge in [-0.3, -0.25) is 24.0 Å². The van der Waals surface area contributed by atoms with E-state index < -0.39 is 39.3 Å². The SMILES string of the molecule is CCCCNC(=O)C(CC)N(Cc1ccc(F)cc1)C(=O)CN(c1cccc([N+](=O)[O-])c1)S(C)(=O)=O. The standard InChI is InChI=1S/C24H31FN4O6S/c1-4-6-14-26-24(31)22(5-2)27(16-18-10-12-19(25)13-11-18)23(30)17-28(36(3,34)35)20-8-7-9-21(15-20)29(32)33/h7-13,15,22H,4-6,14,16-17H2,1-3H3,(H,26,31). The van der Waals surface area contributed by atoms with E-state index in [0.29, 0.717) is 12.1 Å². The number of carbonyl (C=O) groups excluding carboxylic acids is 2. The first-order chi connectivity index (χ1) is 17.0. The van der Waals surface area contributed by atoms with Crippen LogP contribution in [0.1, 0.15) is 38.7 Å². The van der Waals surface area contributed by atoms with Gasteiger partial charge in [-0.05, 0) is 36.6 Å². The Morgan fingerprint density at radius 3 is 2.36 bits per heavy atom. The number of rotatable bonds is 13. The first-order valence-corrected chi connectivity index (χ1v) is 13.4. The molecule has 0 fully saturated rings. The third kappa shape index (κ3) is 8.01. The van der Waals surface area contributed by atoms with Crippen LogP contribution in [0, 0.1) is 15.9 Å². The van der Waals surface area contributed by atoms with Crippen molar-refractivity contribution in [3.8, 4) is 0 Å². The maximum absolute atomic E-state index is 13.5. The Morgan fingerprint density at radius 1 is 1.14 bits per heavy atom. The number of unbranched alkanes of at least 4 members (excludes halogenated alkanes) is 1. The molecule has 1 N–H and O–H groups in total. The van der Waals surface area contributed by atoms with Crippen molar-refractivity contribution in [2.45, 2.75) is 45.7 Å². The number of sulfonamides is 1. The van der Waals surface area contributed by atoms with Gasteiger partial charge in [-0.2, -0.15) is 0 Å². The van der Waals surface area contributed by atoms with Crippen LogP contribution in [0.2, 0.25) is 0 Å². The second kappa shape index (κ2) is 13.0. The predicted octanol–water partition coefficient (Wildman–Crippen LogP) is 3.22. The van der Waals surface area contributed by atoms with E-state index in [1.54, 1.807) is 6.92 Å². The number of benzene rings is 2. The highest BCUT2D eigenvalue weighted by molar-refractivity contribution is 7.92. The van der Waals surface area contributed by atoms with Gasteiger partial charge in [0, 0.05) is 25.2 Å². The molecule has 36 heavy (non-hydrogen) atoms. The number of nitrogens with zero attached hydrogens (tertiary/aromatic N) is 3. The third-order valence-corrected chi connectivity index (χ3v) is 6.63. The van der Waals surface area contributed by atoms with Crippen molar-refractivity contribution in [3.63, 3.8) is 0 Å². The first kappa shape index (κ1) is 28.7. The van der Waals surface area contributed by atoms with Crippen LogP contribution in [-0.4, -0.2) is 55.4 Å². The molecule has 12 heteroatoms.